The van der Waals surface area contributed by atoms with Crippen LogP contribution in [-0.2, 0) is 0 Å². The van der Waals surface area contributed by atoms with Crippen LogP contribution < -0.4 is 5.73 Å². The van der Waals surface area contributed by atoms with Crippen molar-refractivity contribution in [3.63, 3.8) is 0 Å². The summed E-state index contributed by atoms with van der Waals surface area (Å²) in [5, 5.41) is -0.309. The molecule has 0 atom stereocenters. The number of carbonyl (C=O) groups excluding carboxylic acids is 1. The zero-order valence-corrected chi connectivity index (χ0v) is 8.70. The highest BCUT2D eigenvalue weighted by atomic mass is 35.5. The maximum atomic E-state index is 13.0. The molecule has 2 N–H and O–H groups in total. The van der Waals surface area contributed by atoms with Gasteiger partial charge in [-0.1, -0.05) is 23.2 Å². The van der Waals surface area contributed by atoms with Gasteiger partial charge in [0.25, 0.3) is 0 Å². The first-order valence-corrected chi connectivity index (χ1v) is 4.69. The molecule has 0 unspecified atom stereocenters. The lowest BCUT2D eigenvalue weighted by molar-refractivity contribution is 0.0985. The second kappa shape index (κ2) is 4.73. The molecule has 0 fully saturated rings. The molecular formula is C9H8Cl2FNO. The summed E-state index contributed by atoms with van der Waals surface area (Å²) in [7, 11) is 0. The molecule has 0 radical (unpaired) electrons. The third-order valence-corrected chi connectivity index (χ3v) is 2.23. The molecule has 1 aromatic carbocycles. The van der Waals surface area contributed by atoms with Gasteiger partial charge in [0.05, 0.1) is 10.0 Å². The first kappa shape index (κ1) is 11.4. The Labute approximate surface area is 90.8 Å². The van der Waals surface area contributed by atoms with Gasteiger partial charge in [-0.2, -0.15) is 0 Å². The summed E-state index contributed by atoms with van der Waals surface area (Å²) in [6.07, 6.45) is 0.193. The molecule has 1 aromatic rings. The number of halogens is 3. The van der Waals surface area contributed by atoms with Crippen LogP contribution in [0.4, 0.5) is 4.39 Å². The van der Waals surface area contributed by atoms with E-state index in [1.807, 2.05) is 0 Å². The smallest absolute Gasteiger partial charge is 0.164 e. The van der Waals surface area contributed by atoms with E-state index < -0.39 is 5.82 Å². The fourth-order valence-electron chi connectivity index (χ4n) is 0.992. The van der Waals surface area contributed by atoms with Gasteiger partial charge in [-0.05, 0) is 18.7 Å². The fraction of sp³-hybridized carbons (Fsp3) is 0.222. The van der Waals surface area contributed by atoms with Crippen LogP contribution in [0.2, 0.25) is 10.0 Å². The molecule has 0 aliphatic heterocycles. The fourth-order valence-corrected chi connectivity index (χ4v) is 1.48. The molecule has 5 heteroatoms. The highest BCUT2D eigenvalue weighted by molar-refractivity contribution is 6.35. The molecule has 76 valence electrons. The molecule has 1 rings (SSSR count). The van der Waals surface area contributed by atoms with E-state index in [-0.39, 0.29) is 34.4 Å². The zero-order valence-electron chi connectivity index (χ0n) is 7.19. The molecule has 0 saturated carbocycles. The Bertz CT molecular complexity index is 345. The lowest BCUT2D eigenvalue weighted by Gasteiger charge is -2.02. The van der Waals surface area contributed by atoms with Gasteiger partial charge in [0, 0.05) is 12.0 Å². The van der Waals surface area contributed by atoms with Crippen molar-refractivity contribution in [1.82, 2.24) is 0 Å². The largest absolute Gasteiger partial charge is 0.330 e. The number of benzene rings is 1. The number of ketones is 1. The van der Waals surface area contributed by atoms with Crippen molar-refractivity contribution in [3.8, 4) is 0 Å². The van der Waals surface area contributed by atoms with Gasteiger partial charge in [-0.3, -0.25) is 4.79 Å². The van der Waals surface area contributed by atoms with Crippen LogP contribution in [0.25, 0.3) is 0 Å². The van der Waals surface area contributed by atoms with Crippen molar-refractivity contribution in [3.05, 3.63) is 33.6 Å². The summed E-state index contributed by atoms with van der Waals surface area (Å²) >= 11 is 11.0. The summed E-state index contributed by atoms with van der Waals surface area (Å²) in [4.78, 5) is 11.3. The number of Topliss-reactive ketones (excluding diaryl/α,β-unsaturated/α-hetero) is 1. The number of nitrogens with two attached hydrogens (primary N) is 1. The summed E-state index contributed by atoms with van der Waals surface area (Å²) in [5.41, 5.74) is 5.50. The predicted molar refractivity (Wildman–Crippen MR) is 54.4 cm³/mol. The average Bonchev–Trinajstić information content (AvgIpc) is 2.13. The SMILES string of the molecule is NCCC(=O)c1cc(Cl)c(F)c(Cl)c1. The van der Waals surface area contributed by atoms with Crippen molar-refractivity contribution >= 4 is 29.0 Å². The second-order valence-electron chi connectivity index (χ2n) is 2.72. The molecule has 2 nitrogen and oxygen atoms in total. The van der Waals surface area contributed by atoms with E-state index in [9.17, 15) is 9.18 Å². The van der Waals surface area contributed by atoms with E-state index in [1.54, 1.807) is 0 Å². The average molecular weight is 236 g/mol. The lowest BCUT2D eigenvalue weighted by atomic mass is 10.1. The summed E-state index contributed by atoms with van der Waals surface area (Å²) < 4.78 is 13.0. The van der Waals surface area contributed by atoms with Crippen molar-refractivity contribution in [2.75, 3.05) is 6.54 Å². The molecule has 14 heavy (non-hydrogen) atoms. The minimum Gasteiger partial charge on any atom is -0.330 e. The second-order valence-corrected chi connectivity index (χ2v) is 3.53. The van der Waals surface area contributed by atoms with E-state index in [2.05, 4.69) is 0 Å². The van der Waals surface area contributed by atoms with Crippen LogP contribution in [0.3, 0.4) is 0 Å². The van der Waals surface area contributed by atoms with Crippen molar-refractivity contribution in [2.45, 2.75) is 6.42 Å². The molecule has 0 saturated heterocycles. The van der Waals surface area contributed by atoms with E-state index in [4.69, 9.17) is 28.9 Å². The summed E-state index contributed by atoms with van der Waals surface area (Å²) in [6, 6.07) is 2.50. The van der Waals surface area contributed by atoms with Gasteiger partial charge in [0.2, 0.25) is 0 Å². The molecule has 0 aliphatic carbocycles. The first-order valence-electron chi connectivity index (χ1n) is 3.94. The third kappa shape index (κ3) is 2.44. The Kier molecular flexibility index (Phi) is 3.86. The zero-order chi connectivity index (χ0) is 10.7. The Morgan fingerprint density at radius 1 is 1.36 bits per heavy atom. The quantitative estimate of drug-likeness (QED) is 0.647. The molecule has 0 heterocycles. The van der Waals surface area contributed by atoms with Gasteiger partial charge in [0.1, 0.15) is 0 Å². The highest BCUT2D eigenvalue weighted by Gasteiger charge is 2.11. The Morgan fingerprint density at radius 2 is 1.86 bits per heavy atom. The highest BCUT2D eigenvalue weighted by Crippen LogP contribution is 2.25. The van der Waals surface area contributed by atoms with Crippen molar-refractivity contribution in [1.29, 1.82) is 0 Å². The number of hydrogen-bond donors (Lipinski definition) is 1. The van der Waals surface area contributed by atoms with Gasteiger partial charge >= 0.3 is 0 Å². The van der Waals surface area contributed by atoms with E-state index in [1.165, 1.54) is 12.1 Å². The Hall–Kier alpha value is -0.640. The monoisotopic (exact) mass is 235 g/mol. The number of hydrogen-bond acceptors (Lipinski definition) is 2. The Balaban J connectivity index is 3.06. The maximum absolute atomic E-state index is 13.0. The standard InChI is InChI=1S/C9H8Cl2FNO/c10-6-3-5(8(14)1-2-13)4-7(11)9(6)12/h3-4H,1-2,13H2. The number of rotatable bonds is 3. The molecule has 0 aliphatic rings. The van der Waals surface area contributed by atoms with E-state index in [0.717, 1.165) is 0 Å². The normalized spacial score (nSPS) is 10.3. The number of carbonyl (C=O) groups is 1. The van der Waals surface area contributed by atoms with Crippen LogP contribution in [-0.4, -0.2) is 12.3 Å². The predicted octanol–water partition coefficient (Wildman–Crippen LogP) is 2.66. The summed E-state index contributed by atoms with van der Waals surface area (Å²) in [6.45, 7) is 0.242. The lowest BCUT2D eigenvalue weighted by Crippen LogP contribution is -2.08. The summed E-state index contributed by atoms with van der Waals surface area (Å²) in [5.74, 6) is -0.908. The van der Waals surface area contributed by atoms with E-state index >= 15 is 0 Å². The van der Waals surface area contributed by atoms with Crippen LogP contribution in [0.5, 0.6) is 0 Å². The van der Waals surface area contributed by atoms with Crippen LogP contribution in [0, 0.1) is 5.82 Å². The van der Waals surface area contributed by atoms with Crippen LogP contribution >= 0.6 is 23.2 Å². The van der Waals surface area contributed by atoms with Gasteiger partial charge < -0.3 is 5.73 Å². The van der Waals surface area contributed by atoms with Crippen LogP contribution in [0.1, 0.15) is 16.8 Å². The Morgan fingerprint density at radius 3 is 2.29 bits per heavy atom. The molecule has 0 bridgehead atoms. The minimum absolute atomic E-state index is 0.155. The minimum atomic E-state index is -0.711. The third-order valence-electron chi connectivity index (χ3n) is 1.68. The van der Waals surface area contributed by atoms with Gasteiger partial charge in [-0.25, -0.2) is 4.39 Å². The molecular weight excluding hydrogens is 228 g/mol. The van der Waals surface area contributed by atoms with Gasteiger partial charge in [0.15, 0.2) is 11.6 Å². The van der Waals surface area contributed by atoms with Crippen molar-refractivity contribution in [2.24, 2.45) is 5.73 Å². The van der Waals surface area contributed by atoms with Crippen LogP contribution in [0.15, 0.2) is 12.1 Å². The molecule has 0 amide bonds. The topological polar surface area (TPSA) is 43.1 Å². The molecule has 0 spiro atoms. The first-order chi connectivity index (χ1) is 6.56. The van der Waals surface area contributed by atoms with E-state index in [0.29, 0.717) is 0 Å². The van der Waals surface area contributed by atoms with Gasteiger partial charge in [-0.15, -0.1) is 0 Å². The molecule has 0 aromatic heterocycles. The maximum Gasteiger partial charge on any atom is 0.164 e. The van der Waals surface area contributed by atoms with Crippen molar-refractivity contribution < 1.29 is 9.18 Å².